The van der Waals surface area contributed by atoms with Gasteiger partial charge in [0, 0.05) is 29.6 Å². The molecule has 3 rings (SSSR count). The summed E-state index contributed by atoms with van der Waals surface area (Å²) in [6, 6.07) is 7.33. The van der Waals surface area contributed by atoms with Crippen LogP contribution in [-0.4, -0.2) is 36.0 Å². The van der Waals surface area contributed by atoms with E-state index in [0.717, 1.165) is 27.1 Å². The number of benzene rings is 1. The Bertz CT molecular complexity index is 1010. The summed E-state index contributed by atoms with van der Waals surface area (Å²) in [6.07, 6.45) is 1.60. The normalized spacial score (nSPS) is 17.7. The van der Waals surface area contributed by atoms with Crippen molar-refractivity contribution in [3.63, 3.8) is 0 Å². The summed E-state index contributed by atoms with van der Waals surface area (Å²) in [5.74, 6) is 0.773. The van der Waals surface area contributed by atoms with Gasteiger partial charge < -0.3 is 9.13 Å². The number of amides is 1. The molecular weight excluding hydrogens is 405 g/mol. The molecule has 162 valence electrons. The molecule has 1 aliphatic rings. The van der Waals surface area contributed by atoms with E-state index in [0.29, 0.717) is 19.3 Å². The Morgan fingerprint density at radius 3 is 2.43 bits per heavy atom. The zero-order valence-corrected chi connectivity index (χ0v) is 19.2. The third kappa shape index (κ3) is 3.56. The first-order valence-corrected chi connectivity index (χ1v) is 13.2. The maximum Gasteiger partial charge on any atom is 0.471 e. The molecule has 0 spiro atoms. The molecule has 0 saturated heterocycles. The van der Waals surface area contributed by atoms with Gasteiger partial charge in [-0.15, -0.1) is 12.3 Å². The summed E-state index contributed by atoms with van der Waals surface area (Å²) in [7, 11) is -2.22. The molecule has 1 aromatic carbocycles. The lowest BCUT2D eigenvalue weighted by molar-refractivity contribution is -0.188. The van der Waals surface area contributed by atoms with Crippen LogP contribution in [-0.2, 0) is 11.2 Å². The number of hydrogen-bond donors (Lipinski definition) is 0. The van der Waals surface area contributed by atoms with Crippen molar-refractivity contribution in [3.8, 4) is 12.3 Å². The molecule has 7 heteroatoms. The van der Waals surface area contributed by atoms with Crippen molar-refractivity contribution < 1.29 is 18.0 Å². The Hall–Kier alpha value is -2.20. The first-order chi connectivity index (χ1) is 13.8. The fraction of sp³-hybridized carbons (Fsp3) is 0.522. The van der Waals surface area contributed by atoms with Crippen molar-refractivity contribution in [2.45, 2.75) is 70.4 Å². The van der Waals surface area contributed by atoms with E-state index in [9.17, 15) is 18.0 Å². The summed E-state index contributed by atoms with van der Waals surface area (Å²) >= 11 is 0. The molecule has 1 amide bonds. The zero-order valence-electron chi connectivity index (χ0n) is 18.2. The number of para-hydroxylation sites is 1. The first-order valence-electron chi connectivity index (χ1n) is 10.3. The van der Waals surface area contributed by atoms with Crippen LogP contribution in [0, 0.1) is 12.3 Å². The van der Waals surface area contributed by atoms with E-state index in [2.05, 4.69) is 44.0 Å². The summed E-state index contributed by atoms with van der Waals surface area (Å²) in [6.45, 7) is 11.1. The minimum Gasteiger partial charge on any atom is -0.370 e. The third-order valence-corrected chi connectivity index (χ3v) is 12.0. The van der Waals surface area contributed by atoms with Crippen molar-refractivity contribution in [1.82, 2.24) is 9.13 Å². The van der Waals surface area contributed by atoms with Gasteiger partial charge in [0.15, 0.2) is 8.24 Å². The van der Waals surface area contributed by atoms with Gasteiger partial charge in [-0.05, 0) is 29.5 Å². The summed E-state index contributed by atoms with van der Waals surface area (Å²) in [4.78, 5) is 13.3. The van der Waals surface area contributed by atoms with Crippen LogP contribution >= 0.6 is 0 Å². The molecule has 2 heterocycles. The molecule has 1 aromatic heterocycles. The van der Waals surface area contributed by atoms with E-state index in [-0.39, 0.29) is 11.6 Å². The molecule has 3 nitrogen and oxygen atoms in total. The third-order valence-electron chi connectivity index (χ3n) is 6.77. The number of fused-ring (bicyclic) bond motifs is 3. The van der Waals surface area contributed by atoms with Crippen LogP contribution in [0.25, 0.3) is 10.9 Å². The highest BCUT2D eigenvalue weighted by Gasteiger charge is 2.49. The second-order valence-corrected chi connectivity index (χ2v) is 14.6. The van der Waals surface area contributed by atoms with Crippen LogP contribution in [0.4, 0.5) is 13.2 Å². The van der Waals surface area contributed by atoms with Crippen LogP contribution in [0.3, 0.4) is 0 Å². The number of carbonyl (C=O) groups is 1. The van der Waals surface area contributed by atoms with Crippen LogP contribution in [0.15, 0.2) is 24.3 Å². The zero-order chi connectivity index (χ0) is 22.5. The standard InChI is InChI=1S/C23H29F3N2OSi/c1-7-8-12-19-20-17(14-15-27(19)21(29)23(24,25)26)16-11-9-10-13-18(16)28(20)30(5,6)22(2,3)4/h1,9-11,13,19H,8,12,14-15H2,2-6H3/t19-/m0/s1. The lowest BCUT2D eigenvalue weighted by Gasteiger charge is -2.44. The van der Waals surface area contributed by atoms with Gasteiger partial charge in [0.1, 0.15) is 0 Å². The average Bonchev–Trinajstić information content (AvgIpc) is 2.99. The van der Waals surface area contributed by atoms with Gasteiger partial charge in [0.25, 0.3) is 0 Å². The van der Waals surface area contributed by atoms with Crippen LogP contribution in [0.1, 0.15) is 50.9 Å². The summed E-state index contributed by atoms with van der Waals surface area (Å²) < 4.78 is 42.5. The Morgan fingerprint density at radius 2 is 1.87 bits per heavy atom. The van der Waals surface area contributed by atoms with E-state index < -0.39 is 26.4 Å². The topological polar surface area (TPSA) is 25.2 Å². The molecule has 30 heavy (non-hydrogen) atoms. The quantitative estimate of drug-likeness (QED) is 0.436. The number of carbonyl (C=O) groups excluding carboxylic acids is 1. The Balaban J connectivity index is 2.33. The molecule has 0 fully saturated rings. The van der Waals surface area contributed by atoms with Gasteiger partial charge in [-0.2, -0.15) is 13.2 Å². The highest BCUT2D eigenvalue weighted by molar-refractivity contribution is 6.79. The molecule has 0 N–H and O–H groups in total. The van der Waals surface area contributed by atoms with Gasteiger partial charge >= 0.3 is 12.1 Å². The van der Waals surface area contributed by atoms with Gasteiger partial charge in [-0.1, -0.05) is 52.1 Å². The number of alkyl halides is 3. The molecule has 0 radical (unpaired) electrons. The highest BCUT2D eigenvalue weighted by atomic mass is 28.3. The van der Waals surface area contributed by atoms with Crippen molar-refractivity contribution in [1.29, 1.82) is 0 Å². The number of aromatic nitrogens is 1. The molecular formula is C23H29F3N2OSi. The fourth-order valence-electron chi connectivity index (χ4n) is 4.33. The number of hydrogen-bond acceptors (Lipinski definition) is 1. The van der Waals surface area contributed by atoms with E-state index in [1.807, 2.05) is 24.3 Å². The molecule has 1 aliphatic heterocycles. The minimum absolute atomic E-state index is 0.0461. The molecule has 0 bridgehead atoms. The van der Waals surface area contributed by atoms with Crippen molar-refractivity contribution in [2.24, 2.45) is 0 Å². The van der Waals surface area contributed by atoms with Crippen LogP contribution in [0.2, 0.25) is 18.1 Å². The van der Waals surface area contributed by atoms with Gasteiger partial charge in [-0.3, -0.25) is 4.79 Å². The largest absolute Gasteiger partial charge is 0.471 e. The number of nitrogens with zero attached hydrogens (tertiary/aromatic N) is 2. The second-order valence-electron chi connectivity index (χ2n) is 9.53. The SMILES string of the molecule is C#CCC[C@H]1c2c(c3ccccc3n2[Si](C)(C)C(C)(C)C)CCN1C(=O)C(F)(F)F. The maximum absolute atomic E-state index is 13.4. The molecule has 0 unspecified atom stereocenters. The van der Waals surface area contributed by atoms with Crippen molar-refractivity contribution in [2.75, 3.05) is 6.54 Å². The monoisotopic (exact) mass is 434 g/mol. The van der Waals surface area contributed by atoms with Crippen molar-refractivity contribution >= 4 is 25.0 Å². The Labute approximate surface area is 177 Å². The minimum atomic E-state index is -4.90. The van der Waals surface area contributed by atoms with E-state index in [1.165, 1.54) is 0 Å². The van der Waals surface area contributed by atoms with E-state index >= 15 is 0 Å². The average molecular weight is 435 g/mol. The smallest absolute Gasteiger partial charge is 0.370 e. The number of rotatable bonds is 3. The van der Waals surface area contributed by atoms with E-state index in [1.54, 1.807) is 0 Å². The highest BCUT2D eigenvalue weighted by Crippen LogP contribution is 2.46. The van der Waals surface area contributed by atoms with Crippen molar-refractivity contribution in [3.05, 3.63) is 35.5 Å². The maximum atomic E-state index is 13.4. The molecule has 0 saturated carbocycles. The lowest BCUT2D eigenvalue weighted by atomic mass is 9.94. The summed E-state index contributed by atoms with van der Waals surface area (Å²) in [5.41, 5.74) is 2.95. The Kier molecular flexibility index (Phi) is 5.61. The molecule has 1 atom stereocenters. The van der Waals surface area contributed by atoms with Crippen LogP contribution < -0.4 is 0 Å². The number of halogens is 3. The number of terminal acetylenes is 1. The fourth-order valence-corrected chi connectivity index (χ4v) is 6.69. The van der Waals surface area contributed by atoms with Gasteiger partial charge in [0.2, 0.25) is 0 Å². The second kappa shape index (κ2) is 7.49. The lowest BCUT2D eigenvalue weighted by Crippen LogP contribution is -2.51. The van der Waals surface area contributed by atoms with Crippen LogP contribution in [0.5, 0.6) is 0 Å². The molecule has 0 aliphatic carbocycles. The predicted octanol–water partition coefficient (Wildman–Crippen LogP) is 5.90. The van der Waals surface area contributed by atoms with Gasteiger partial charge in [0.05, 0.1) is 6.04 Å². The van der Waals surface area contributed by atoms with Gasteiger partial charge in [-0.25, -0.2) is 0 Å². The first kappa shape index (κ1) is 22.5. The molecule has 2 aromatic rings. The predicted molar refractivity (Wildman–Crippen MR) is 117 cm³/mol. The summed E-state index contributed by atoms with van der Waals surface area (Å²) in [5, 5.41) is 1.03. The Morgan fingerprint density at radius 1 is 1.23 bits per heavy atom. The van der Waals surface area contributed by atoms with E-state index in [4.69, 9.17) is 6.42 Å².